The zero-order valence-corrected chi connectivity index (χ0v) is 14.6. The largest absolute Gasteiger partial charge is 0.478 e. The summed E-state index contributed by atoms with van der Waals surface area (Å²) in [5.74, 6) is -1.22. The molecule has 1 atom stereocenters. The Morgan fingerprint density at radius 2 is 2.07 bits per heavy atom. The van der Waals surface area contributed by atoms with Gasteiger partial charge < -0.3 is 20.2 Å². The standard InChI is InChI=1S/C17H14N4O5S/c22-14(19-11-5-3-10(4-6-11)16(24)25)8-13-15(23)20-17(27-13)21-18-9-12-2-1-7-26-12/h1-7,9,13H,8H2,(H,19,22)(H,24,25)(H,20,21,23)/b18-9-. The lowest BCUT2D eigenvalue weighted by Gasteiger charge is -2.07. The SMILES string of the molecule is O=C(CC1S/C(=N/N=C\c2ccco2)NC1=O)Nc1ccc(C(=O)O)cc1. The third kappa shape index (κ3) is 5.05. The van der Waals surface area contributed by atoms with Crippen molar-refractivity contribution in [3.63, 3.8) is 0 Å². The maximum Gasteiger partial charge on any atom is 0.335 e. The summed E-state index contributed by atoms with van der Waals surface area (Å²) in [6, 6.07) is 9.16. The predicted molar refractivity (Wildman–Crippen MR) is 99.9 cm³/mol. The molecule has 138 valence electrons. The van der Waals surface area contributed by atoms with Crippen LogP contribution in [-0.4, -0.2) is 39.5 Å². The number of carbonyl (C=O) groups excluding carboxylic acids is 2. The molecule has 1 fully saturated rings. The molecule has 0 radical (unpaired) electrons. The fourth-order valence-electron chi connectivity index (χ4n) is 2.17. The van der Waals surface area contributed by atoms with Gasteiger partial charge in [0.25, 0.3) is 0 Å². The highest BCUT2D eigenvalue weighted by Gasteiger charge is 2.32. The van der Waals surface area contributed by atoms with Crippen LogP contribution >= 0.6 is 11.8 Å². The first-order chi connectivity index (χ1) is 13.0. The average Bonchev–Trinajstić information content (AvgIpc) is 3.26. The van der Waals surface area contributed by atoms with E-state index in [1.165, 1.54) is 36.7 Å². The van der Waals surface area contributed by atoms with Gasteiger partial charge in [-0.2, -0.15) is 5.10 Å². The molecule has 1 aliphatic rings. The van der Waals surface area contributed by atoms with Crippen molar-refractivity contribution in [2.24, 2.45) is 10.2 Å². The smallest absolute Gasteiger partial charge is 0.335 e. The van der Waals surface area contributed by atoms with E-state index in [1.807, 2.05) is 0 Å². The Balaban J connectivity index is 1.53. The molecule has 0 saturated carbocycles. The van der Waals surface area contributed by atoms with Crippen LogP contribution in [0.4, 0.5) is 5.69 Å². The van der Waals surface area contributed by atoms with Gasteiger partial charge in [-0.15, -0.1) is 5.10 Å². The predicted octanol–water partition coefficient (Wildman–Crippen LogP) is 1.93. The number of hydrogen-bond donors (Lipinski definition) is 3. The number of nitrogens with one attached hydrogen (secondary N) is 2. The minimum absolute atomic E-state index is 0.0574. The molecule has 0 aliphatic carbocycles. The summed E-state index contributed by atoms with van der Waals surface area (Å²) in [7, 11) is 0. The number of amidine groups is 1. The van der Waals surface area contributed by atoms with Gasteiger partial charge in [-0.25, -0.2) is 4.79 Å². The fraction of sp³-hybridized carbons (Fsp3) is 0.118. The van der Waals surface area contributed by atoms with Gasteiger partial charge in [-0.3, -0.25) is 9.59 Å². The highest BCUT2D eigenvalue weighted by Crippen LogP contribution is 2.23. The second-order valence-corrected chi connectivity index (χ2v) is 6.59. The highest BCUT2D eigenvalue weighted by molar-refractivity contribution is 8.15. The summed E-state index contributed by atoms with van der Waals surface area (Å²) in [4.78, 5) is 34.9. The van der Waals surface area contributed by atoms with Crippen molar-refractivity contribution >= 4 is 46.6 Å². The Hall–Kier alpha value is -3.40. The lowest BCUT2D eigenvalue weighted by molar-refractivity contribution is -0.122. The Labute approximate surface area is 157 Å². The normalized spacial score (nSPS) is 18.0. The molecule has 0 bridgehead atoms. The summed E-state index contributed by atoms with van der Waals surface area (Å²) in [5.41, 5.74) is 0.569. The molecule has 1 aromatic heterocycles. The summed E-state index contributed by atoms with van der Waals surface area (Å²) in [5, 5.41) is 21.4. The van der Waals surface area contributed by atoms with E-state index in [1.54, 1.807) is 12.1 Å². The molecule has 0 spiro atoms. The van der Waals surface area contributed by atoms with E-state index in [4.69, 9.17) is 9.52 Å². The molecule has 3 N–H and O–H groups in total. The minimum atomic E-state index is -1.05. The van der Waals surface area contributed by atoms with Gasteiger partial charge >= 0.3 is 5.97 Å². The summed E-state index contributed by atoms with van der Waals surface area (Å²) in [6.07, 6.45) is 2.85. The van der Waals surface area contributed by atoms with E-state index in [-0.39, 0.29) is 23.8 Å². The van der Waals surface area contributed by atoms with Gasteiger partial charge in [0.1, 0.15) is 11.0 Å². The van der Waals surface area contributed by atoms with Crippen LogP contribution in [0.15, 0.2) is 57.3 Å². The number of hydrogen-bond acceptors (Lipinski definition) is 7. The van der Waals surface area contributed by atoms with Crippen LogP contribution in [0.25, 0.3) is 0 Å². The molecule has 1 saturated heterocycles. The van der Waals surface area contributed by atoms with Crippen molar-refractivity contribution in [1.29, 1.82) is 0 Å². The summed E-state index contributed by atoms with van der Waals surface area (Å²) >= 11 is 1.11. The van der Waals surface area contributed by atoms with E-state index < -0.39 is 11.2 Å². The molecule has 3 rings (SSSR count). The Morgan fingerprint density at radius 3 is 2.74 bits per heavy atom. The molecule has 1 aromatic carbocycles. The maximum absolute atomic E-state index is 12.1. The van der Waals surface area contributed by atoms with Crippen molar-refractivity contribution in [1.82, 2.24) is 5.32 Å². The number of benzene rings is 1. The summed E-state index contributed by atoms with van der Waals surface area (Å²) in [6.45, 7) is 0. The van der Waals surface area contributed by atoms with Crippen LogP contribution in [0.5, 0.6) is 0 Å². The molecule has 10 heteroatoms. The van der Waals surface area contributed by atoms with Crippen LogP contribution in [0.3, 0.4) is 0 Å². The van der Waals surface area contributed by atoms with Crippen molar-refractivity contribution < 1.29 is 23.9 Å². The molecular weight excluding hydrogens is 372 g/mol. The zero-order valence-electron chi connectivity index (χ0n) is 13.8. The summed E-state index contributed by atoms with van der Waals surface area (Å²) < 4.78 is 5.07. The quantitative estimate of drug-likeness (QED) is 0.513. The molecule has 2 aromatic rings. The van der Waals surface area contributed by atoms with Gasteiger partial charge in [0, 0.05) is 12.1 Å². The van der Waals surface area contributed by atoms with Crippen molar-refractivity contribution in [2.75, 3.05) is 5.32 Å². The van der Waals surface area contributed by atoms with E-state index in [0.717, 1.165) is 11.8 Å². The zero-order chi connectivity index (χ0) is 19.2. The van der Waals surface area contributed by atoms with Gasteiger partial charge in [-0.1, -0.05) is 11.8 Å². The third-order valence-electron chi connectivity index (χ3n) is 3.44. The Bertz CT molecular complexity index is 906. The number of aromatic carboxylic acids is 1. The monoisotopic (exact) mass is 386 g/mol. The Morgan fingerprint density at radius 1 is 1.30 bits per heavy atom. The number of nitrogens with zero attached hydrogens (tertiary/aromatic N) is 2. The van der Waals surface area contributed by atoms with Crippen LogP contribution in [0, 0.1) is 0 Å². The highest BCUT2D eigenvalue weighted by atomic mass is 32.2. The third-order valence-corrected chi connectivity index (χ3v) is 4.51. The second kappa shape index (κ2) is 8.32. The maximum atomic E-state index is 12.1. The minimum Gasteiger partial charge on any atom is -0.478 e. The number of carbonyl (C=O) groups is 3. The number of anilines is 1. The topological polar surface area (TPSA) is 133 Å². The van der Waals surface area contributed by atoms with Crippen molar-refractivity contribution in [3.8, 4) is 0 Å². The molecule has 27 heavy (non-hydrogen) atoms. The number of amides is 2. The fourth-order valence-corrected chi connectivity index (χ4v) is 3.09. The average molecular weight is 386 g/mol. The number of rotatable bonds is 6. The van der Waals surface area contributed by atoms with Gasteiger partial charge in [0.15, 0.2) is 5.17 Å². The van der Waals surface area contributed by atoms with Crippen LogP contribution < -0.4 is 10.6 Å². The molecule has 2 heterocycles. The van der Waals surface area contributed by atoms with Crippen LogP contribution in [0.2, 0.25) is 0 Å². The van der Waals surface area contributed by atoms with Gasteiger partial charge in [-0.05, 0) is 36.4 Å². The number of furan rings is 1. The van der Waals surface area contributed by atoms with Gasteiger partial charge in [0.05, 0.1) is 18.0 Å². The second-order valence-electron chi connectivity index (χ2n) is 5.40. The lowest BCUT2D eigenvalue weighted by Crippen LogP contribution is -2.28. The molecule has 9 nitrogen and oxygen atoms in total. The van der Waals surface area contributed by atoms with Crippen LogP contribution in [-0.2, 0) is 9.59 Å². The number of carboxylic acids is 1. The van der Waals surface area contributed by atoms with Crippen LogP contribution in [0.1, 0.15) is 22.5 Å². The van der Waals surface area contributed by atoms with Crippen molar-refractivity contribution in [2.45, 2.75) is 11.7 Å². The molecule has 1 aliphatic heterocycles. The first-order valence-electron chi connectivity index (χ1n) is 7.76. The first kappa shape index (κ1) is 18.4. The molecular formula is C17H14N4O5S. The lowest BCUT2D eigenvalue weighted by atomic mass is 10.2. The Kier molecular flexibility index (Phi) is 5.67. The first-order valence-corrected chi connectivity index (χ1v) is 8.64. The van der Waals surface area contributed by atoms with E-state index in [2.05, 4.69) is 20.8 Å². The number of carboxylic acid groups (broad SMARTS) is 1. The number of thioether (sulfide) groups is 1. The van der Waals surface area contributed by atoms with Gasteiger partial charge in [0.2, 0.25) is 11.8 Å². The molecule has 1 unspecified atom stereocenters. The van der Waals surface area contributed by atoms with Crippen molar-refractivity contribution in [3.05, 3.63) is 54.0 Å². The van der Waals surface area contributed by atoms with E-state index in [0.29, 0.717) is 16.6 Å². The van der Waals surface area contributed by atoms with E-state index >= 15 is 0 Å². The molecule has 2 amide bonds. The van der Waals surface area contributed by atoms with E-state index in [9.17, 15) is 14.4 Å².